The summed E-state index contributed by atoms with van der Waals surface area (Å²) in [6.07, 6.45) is 5.14. The highest BCUT2D eigenvalue weighted by Crippen LogP contribution is 2.53. The largest absolute Gasteiger partial charge is 0.473 e. The Kier molecular flexibility index (Phi) is 5.47. The molecule has 4 unspecified atom stereocenters. The summed E-state index contributed by atoms with van der Waals surface area (Å²) in [5, 5.41) is 0. The molecule has 216 valence electrons. The minimum atomic E-state index is -0.207. The molecule has 0 N–H and O–H groups in total. The quantitative estimate of drug-likeness (QED) is 0.164. The zero-order chi connectivity index (χ0) is 29.4. The van der Waals surface area contributed by atoms with Crippen LogP contribution in [-0.4, -0.2) is 23.5 Å². The molecular formula is C36H27N3O5. The van der Waals surface area contributed by atoms with E-state index in [1.807, 2.05) is 60.7 Å². The maximum atomic E-state index is 13.1. The van der Waals surface area contributed by atoms with Gasteiger partial charge in [-0.3, -0.25) is 14.5 Å². The van der Waals surface area contributed by atoms with Gasteiger partial charge in [-0.2, -0.15) is 0 Å². The predicted molar refractivity (Wildman–Crippen MR) is 164 cm³/mol. The lowest BCUT2D eigenvalue weighted by molar-refractivity contribution is -0.123. The van der Waals surface area contributed by atoms with Crippen LogP contribution in [0.5, 0.6) is 17.2 Å². The first-order valence-electron chi connectivity index (χ1n) is 14.9. The smallest absolute Gasteiger partial charge is 0.238 e. The third kappa shape index (κ3) is 3.94. The number of oxazole rings is 1. The fraction of sp³-hybridized carbons (Fsp3) is 0.194. The lowest BCUT2D eigenvalue weighted by atomic mass is 9.85. The normalized spacial score (nSPS) is 23.3. The molecule has 4 aromatic carbocycles. The first kappa shape index (κ1) is 25.2. The molecule has 2 bridgehead atoms. The van der Waals surface area contributed by atoms with Crippen molar-refractivity contribution in [3.05, 3.63) is 109 Å². The first-order chi connectivity index (χ1) is 21.6. The van der Waals surface area contributed by atoms with E-state index in [0.717, 1.165) is 40.1 Å². The molecule has 8 nitrogen and oxygen atoms in total. The van der Waals surface area contributed by atoms with Gasteiger partial charge in [0.1, 0.15) is 22.8 Å². The average molecular weight is 582 g/mol. The molecule has 0 spiro atoms. The summed E-state index contributed by atoms with van der Waals surface area (Å²) >= 11 is 0. The van der Waals surface area contributed by atoms with Crippen LogP contribution in [0.15, 0.2) is 108 Å². The number of para-hydroxylation sites is 2. The van der Waals surface area contributed by atoms with Gasteiger partial charge in [0.25, 0.3) is 0 Å². The highest BCUT2D eigenvalue weighted by molar-refractivity contribution is 6.22. The van der Waals surface area contributed by atoms with E-state index in [9.17, 15) is 9.59 Å². The zero-order valence-corrected chi connectivity index (χ0v) is 23.6. The molecule has 3 heterocycles. The molecule has 8 heteroatoms. The van der Waals surface area contributed by atoms with Gasteiger partial charge in [-0.05, 0) is 97.1 Å². The molecular weight excluding hydrogens is 554 g/mol. The number of allylic oxidation sites excluding steroid dienone is 2. The number of imide groups is 1. The Bertz CT molecular complexity index is 1920. The van der Waals surface area contributed by atoms with E-state index in [0.29, 0.717) is 36.4 Å². The number of fused-ring (bicyclic) bond motifs is 7. The number of benzene rings is 4. The Morgan fingerprint density at radius 2 is 1.45 bits per heavy atom. The van der Waals surface area contributed by atoms with Crippen LogP contribution in [0.3, 0.4) is 0 Å². The number of hydrogen-bond acceptors (Lipinski definition) is 7. The second kappa shape index (κ2) is 9.57. The van der Waals surface area contributed by atoms with Crippen molar-refractivity contribution in [3.63, 3.8) is 0 Å². The SMILES string of the molecule is O=C1C2C3C=CC(C3)C2C(=O)N1c1ccc(Oc2ccc(N3COc4ccc(-c5nc6ccccc6o5)cc4C3)cc2)cc1. The summed E-state index contributed by atoms with van der Waals surface area (Å²) < 4.78 is 18.1. The second-order valence-electron chi connectivity index (χ2n) is 11.9. The number of hydrogen-bond donors (Lipinski definition) is 0. The van der Waals surface area contributed by atoms with E-state index < -0.39 is 0 Å². The molecule has 2 aliphatic heterocycles. The number of rotatable bonds is 5. The highest BCUT2D eigenvalue weighted by Gasteiger charge is 2.59. The summed E-state index contributed by atoms with van der Waals surface area (Å²) in [6, 6.07) is 28.8. The van der Waals surface area contributed by atoms with Gasteiger partial charge in [0, 0.05) is 23.4 Å². The standard InChI is InChI=1S/C36H27N3O5/c40-35-32-21-5-6-22(17-21)33(32)36(41)39(35)26-10-14-28(15-11-26)43-27-12-8-25(9-13-27)38-19-24-18-23(7-16-30(24)42-20-38)34-37-29-3-1-2-4-31(29)44-34/h1-16,18,21-22,32-33H,17,19-20H2. The van der Waals surface area contributed by atoms with Crippen LogP contribution in [-0.2, 0) is 16.1 Å². The number of anilines is 2. The lowest BCUT2D eigenvalue weighted by Gasteiger charge is -2.31. The molecule has 1 aromatic heterocycles. The van der Waals surface area contributed by atoms with Gasteiger partial charge in [-0.25, -0.2) is 4.98 Å². The van der Waals surface area contributed by atoms with Crippen molar-refractivity contribution in [1.82, 2.24) is 4.98 Å². The number of nitrogens with zero attached hydrogens (tertiary/aromatic N) is 3. The summed E-state index contributed by atoms with van der Waals surface area (Å²) in [7, 11) is 0. The van der Waals surface area contributed by atoms with Crippen LogP contribution in [0.1, 0.15) is 12.0 Å². The summed E-state index contributed by atoms with van der Waals surface area (Å²) in [4.78, 5) is 34.4. The minimum Gasteiger partial charge on any atom is -0.473 e. The van der Waals surface area contributed by atoms with Crippen molar-refractivity contribution in [2.45, 2.75) is 13.0 Å². The van der Waals surface area contributed by atoms with Crippen molar-refractivity contribution in [3.8, 4) is 28.7 Å². The molecule has 5 aromatic rings. The Morgan fingerprint density at radius 1 is 0.773 bits per heavy atom. The molecule has 0 radical (unpaired) electrons. The molecule has 2 fully saturated rings. The monoisotopic (exact) mass is 581 g/mol. The van der Waals surface area contributed by atoms with E-state index in [1.165, 1.54) is 4.90 Å². The van der Waals surface area contributed by atoms with Crippen molar-refractivity contribution >= 4 is 34.3 Å². The molecule has 1 saturated carbocycles. The number of carbonyl (C=O) groups excluding carboxylic acids is 2. The van der Waals surface area contributed by atoms with Crippen LogP contribution >= 0.6 is 0 Å². The molecule has 2 aliphatic carbocycles. The third-order valence-corrected chi connectivity index (χ3v) is 9.34. The minimum absolute atomic E-state index is 0.0761. The van der Waals surface area contributed by atoms with Crippen molar-refractivity contribution < 1.29 is 23.5 Å². The van der Waals surface area contributed by atoms with E-state index in [1.54, 1.807) is 24.3 Å². The summed E-state index contributed by atoms with van der Waals surface area (Å²) in [6.45, 7) is 1.11. The number of aromatic nitrogens is 1. The zero-order valence-electron chi connectivity index (χ0n) is 23.6. The number of ether oxygens (including phenoxy) is 2. The van der Waals surface area contributed by atoms with Crippen molar-refractivity contribution in [1.29, 1.82) is 0 Å². The van der Waals surface area contributed by atoms with Gasteiger partial charge < -0.3 is 18.8 Å². The Hall–Kier alpha value is -5.37. The number of carbonyl (C=O) groups is 2. The van der Waals surface area contributed by atoms with Gasteiger partial charge in [0.15, 0.2) is 12.3 Å². The third-order valence-electron chi connectivity index (χ3n) is 9.34. The molecule has 4 aliphatic rings. The van der Waals surface area contributed by atoms with Gasteiger partial charge >= 0.3 is 0 Å². The average Bonchev–Trinajstić information content (AvgIpc) is 3.84. The lowest BCUT2D eigenvalue weighted by Crippen LogP contribution is -2.32. The summed E-state index contributed by atoms with van der Waals surface area (Å²) in [5.74, 6) is 2.58. The van der Waals surface area contributed by atoms with Gasteiger partial charge in [0.2, 0.25) is 17.7 Å². The van der Waals surface area contributed by atoms with Crippen molar-refractivity contribution in [2.75, 3.05) is 16.5 Å². The Morgan fingerprint density at radius 3 is 2.16 bits per heavy atom. The van der Waals surface area contributed by atoms with Gasteiger partial charge in [-0.15, -0.1) is 0 Å². The molecule has 44 heavy (non-hydrogen) atoms. The topological polar surface area (TPSA) is 85.1 Å². The Balaban J connectivity index is 0.877. The number of amides is 2. The molecule has 9 rings (SSSR count). The molecule has 2 amide bonds. The van der Waals surface area contributed by atoms with E-state index in [-0.39, 0.29) is 35.5 Å². The van der Waals surface area contributed by atoms with Crippen LogP contribution in [0.2, 0.25) is 0 Å². The van der Waals surface area contributed by atoms with Crippen LogP contribution in [0.25, 0.3) is 22.6 Å². The maximum absolute atomic E-state index is 13.1. The van der Waals surface area contributed by atoms with Gasteiger partial charge in [0.05, 0.1) is 17.5 Å². The fourth-order valence-corrected chi connectivity index (χ4v) is 7.22. The predicted octanol–water partition coefficient (Wildman–Crippen LogP) is 6.96. The first-order valence-corrected chi connectivity index (χ1v) is 14.9. The fourth-order valence-electron chi connectivity index (χ4n) is 7.22. The highest BCUT2D eigenvalue weighted by atomic mass is 16.5. The van der Waals surface area contributed by atoms with Gasteiger partial charge in [-0.1, -0.05) is 24.3 Å². The van der Waals surface area contributed by atoms with Crippen LogP contribution in [0, 0.1) is 23.7 Å². The van der Waals surface area contributed by atoms with E-state index >= 15 is 0 Å². The van der Waals surface area contributed by atoms with E-state index in [2.05, 4.69) is 28.1 Å². The van der Waals surface area contributed by atoms with Crippen LogP contribution in [0.4, 0.5) is 11.4 Å². The second-order valence-corrected chi connectivity index (χ2v) is 11.9. The molecule has 1 saturated heterocycles. The van der Waals surface area contributed by atoms with E-state index in [4.69, 9.17) is 13.9 Å². The molecule has 4 atom stereocenters. The van der Waals surface area contributed by atoms with Crippen LogP contribution < -0.4 is 19.3 Å². The maximum Gasteiger partial charge on any atom is 0.238 e. The Labute approximate surface area is 253 Å². The summed E-state index contributed by atoms with van der Waals surface area (Å²) in [5.41, 5.74) is 5.16. The van der Waals surface area contributed by atoms with Crippen molar-refractivity contribution in [2.24, 2.45) is 23.7 Å².